The highest BCUT2D eigenvalue weighted by molar-refractivity contribution is 9.10. The van der Waals surface area contributed by atoms with E-state index >= 15 is 0 Å². The summed E-state index contributed by atoms with van der Waals surface area (Å²) in [6.45, 7) is 0.507. The van der Waals surface area contributed by atoms with Crippen molar-refractivity contribution in [1.82, 2.24) is 0 Å². The zero-order valence-electron chi connectivity index (χ0n) is 8.97. The van der Waals surface area contributed by atoms with E-state index in [0.29, 0.717) is 6.54 Å². The van der Waals surface area contributed by atoms with Gasteiger partial charge in [-0.3, -0.25) is 0 Å². The molecule has 0 aliphatic heterocycles. The van der Waals surface area contributed by atoms with Crippen LogP contribution < -0.4 is 5.73 Å². The second-order valence-corrected chi connectivity index (χ2v) is 5.28. The second-order valence-electron chi connectivity index (χ2n) is 4.48. The van der Waals surface area contributed by atoms with Crippen molar-refractivity contribution in [1.29, 1.82) is 0 Å². The highest BCUT2D eigenvalue weighted by Crippen LogP contribution is 2.42. The van der Waals surface area contributed by atoms with Gasteiger partial charge in [0.2, 0.25) is 0 Å². The highest BCUT2D eigenvalue weighted by Gasteiger charge is 2.35. The maximum absolute atomic E-state index is 13.6. The van der Waals surface area contributed by atoms with Gasteiger partial charge in [-0.2, -0.15) is 0 Å². The molecular weight excluding hydrogens is 273 g/mol. The summed E-state index contributed by atoms with van der Waals surface area (Å²) in [7, 11) is 0. The van der Waals surface area contributed by atoms with E-state index in [1.165, 1.54) is 6.07 Å². The molecule has 0 heterocycles. The predicted molar refractivity (Wildman–Crippen MR) is 65.0 cm³/mol. The fourth-order valence-electron chi connectivity index (χ4n) is 2.54. The number of aromatic hydroxyl groups is 1. The Bertz CT molecular complexity index is 379. The third-order valence-electron chi connectivity index (χ3n) is 3.57. The van der Waals surface area contributed by atoms with Crippen LogP contribution in [0.15, 0.2) is 16.6 Å². The van der Waals surface area contributed by atoms with Crippen molar-refractivity contribution in [3.63, 3.8) is 0 Å². The molecule has 3 N–H and O–H groups in total. The SMILES string of the molecule is NCC1(c2cc(O)c(Br)c(F)c2)CCCC1. The Morgan fingerprint density at radius 2 is 2.00 bits per heavy atom. The lowest BCUT2D eigenvalue weighted by Gasteiger charge is -2.28. The van der Waals surface area contributed by atoms with E-state index in [2.05, 4.69) is 15.9 Å². The molecule has 0 unspecified atom stereocenters. The van der Waals surface area contributed by atoms with Gasteiger partial charge in [0.15, 0.2) is 0 Å². The third-order valence-corrected chi connectivity index (χ3v) is 4.36. The maximum Gasteiger partial charge on any atom is 0.141 e. The Hall–Kier alpha value is -0.610. The first-order chi connectivity index (χ1) is 7.59. The molecule has 0 aromatic heterocycles. The molecule has 0 saturated heterocycles. The Morgan fingerprint density at radius 1 is 1.38 bits per heavy atom. The molecule has 1 saturated carbocycles. The molecule has 1 aliphatic carbocycles. The summed E-state index contributed by atoms with van der Waals surface area (Å²) in [5, 5.41) is 9.62. The standard InChI is InChI=1S/C12H15BrFNO/c13-11-9(14)5-8(6-10(11)16)12(7-15)3-1-2-4-12/h5-6,16H,1-4,7,15H2. The Kier molecular flexibility index (Phi) is 3.22. The minimum Gasteiger partial charge on any atom is -0.507 e. The Balaban J connectivity index is 2.47. The largest absolute Gasteiger partial charge is 0.507 e. The van der Waals surface area contributed by atoms with Gasteiger partial charge in [-0.25, -0.2) is 4.39 Å². The minimum atomic E-state index is -0.422. The molecule has 1 aromatic rings. The lowest BCUT2D eigenvalue weighted by atomic mass is 9.79. The van der Waals surface area contributed by atoms with Crippen molar-refractivity contribution in [2.24, 2.45) is 5.73 Å². The number of phenolic OH excluding ortho intramolecular Hbond substituents is 1. The van der Waals surface area contributed by atoms with Gasteiger partial charge in [-0.15, -0.1) is 0 Å². The number of benzene rings is 1. The fraction of sp³-hybridized carbons (Fsp3) is 0.500. The number of nitrogens with two attached hydrogens (primary N) is 1. The number of phenols is 1. The van der Waals surface area contributed by atoms with Crippen LogP contribution in [0.3, 0.4) is 0 Å². The van der Waals surface area contributed by atoms with Crippen molar-refractivity contribution < 1.29 is 9.50 Å². The number of hydrogen-bond acceptors (Lipinski definition) is 2. The van der Waals surface area contributed by atoms with Crippen LogP contribution in [0.2, 0.25) is 0 Å². The van der Waals surface area contributed by atoms with Crippen LogP contribution in [0.4, 0.5) is 4.39 Å². The normalized spacial score (nSPS) is 18.9. The van der Waals surface area contributed by atoms with E-state index in [-0.39, 0.29) is 15.6 Å². The van der Waals surface area contributed by atoms with Gasteiger partial charge < -0.3 is 10.8 Å². The first kappa shape index (κ1) is 11.9. The first-order valence-electron chi connectivity index (χ1n) is 5.48. The van der Waals surface area contributed by atoms with Crippen molar-refractivity contribution in [2.75, 3.05) is 6.54 Å². The summed E-state index contributed by atoms with van der Waals surface area (Å²) in [5.74, 6) is -0.468. The van der Waals surface area contributed by atoms with Gasteiger partial charge in [0.25, 0.3) is 0 Å². The molecule has 16 heavy (non-hydrogen) atoms. The van der Waals surface area contributed by atoms with Crippen molar-refractivity contribution in [3.8, 4) is 5.75 Å². The molecule has 2 nitrogen and oxygen atoms in total. The molecule has 4 heteroatoms. The quantitative estimate of drug-likeness (QED) is 0.878. The summed E-state index contributed by atoms with van der Waals surface area (Å²) in [5.41, 5.74) is 6.51. The summed E-state index contributed by atoms with van der Waals surface area (Å²) >= 11 is 3.01. The van der Waals surface area contributed by atoms with Crippen LogP contribution >= 0.6 is 15.9 Å². The van der Waals surface area contributed by atoms with E-state index in [0.717, 1.165) is 31.2 Å². The van der Waals surface area contributed by atoms with Gasteiger partial charge in [0, 0.05) is 12.0 Å². The monoisotopic (exact) mass is 287 g/mol. The van der Waals surface area contributed by atoms with Crippen LogP contribution in [-0.4, -0.2) is 11.7 Å². The molecule has 1 fully saturated rings. The summed E-state index contributed by atoms with van der Waals surface area (Å²) in [6.07, 6.45) is 4.19. The van der Waals surface area contributed by atoms with E-state index < -0.39 is 5.82 Å². The minimum absolute atomic E-state index is 0.0466. The van der Waals surface area contributed by atoms with Gasteiger partial charge in [0.1, 0.15) is 11.6 Å². The first-order valence-corrected chi connectivity index (χ1v) is 6.27. The number of rotatable bonds is 2. The van der Waals surface area contributed by atoms with Gasteiger partial charge in [-0.05, 0) is 46.5 Å². The molecule has 1 aliphatic rings. The molecule has 0 atom stereocenters. The van der Waals surface area contributed by atoms with Gasteiger partial charge in [-0.1, -0.05) is 12.8 Å². The highest BCUT2D eigenvalue weighted by atomic mass is 79.9. The molecule has 1 aromatic carbocycles. The van der Waals surface area contributed by atoms with Crippen molar-refractivity contribution >= 4 is 15.9 Å². The summed E-state index contributed by atoms with van der Waals surface area (Å²) in [4.78, 5) is 0. The number of halogens is 2. The average Bonchev–Trinajstić information content (AvgIpc) is 2.75. The molecule has 0 bridgehead atoms. The van der Waals surface area contributed by atoms with E-state index in [4.69, 9.17) is 5.73 Å². The van der Waals surface area contributed by atoms with E-state index in [1.807, 2.05) is 0 Å². The van der Waals surface area contributed by atoms with Crippen molar-refractivity contribution in [2.45, 2.75) is 31.1 Å². The lowest BCUT2D eigenvalue weighted by molar-refractivity contribution is 0.432. The molecule has 0 amide bonds. The average molecular weight is 288 g/mol. The van der Waals surface area contributed by atoms with Crippen LogP contribution in [0.25, 0.3) is 0 Å². The number of hydrogen-bond donors (Lipinski definition) is 2. The molecule has 2 rings (SSSR count). The fourth-order valence-corrected chi connectivity index (χ4v) is 2.77. The summed E-state index contributed by atoms with van der Waals surface area (Å²) in [6, 6.07) is 3.12. The summed E-state index contributed by atoms with van der Waals surface area (Å²) < 4.78 is 13.7. The van der Waals surface area contributed by atoms with Gasteiger partial charge in [0.05, 0.1) is 4.47 Å². The maximum atomic E-state index is 13.6. The van der Waals surface area contributed by atoms with Gasteiger partial charge >= 0.3 is 0 Å². The Morgan fingerprint density at radius 3 is 2.50 bits per heavy atom. The predicted octanol–water partition coefficient (Wildman–Crippen LogP) is 3.06. The molecule has 0 spiro atoms. The van der Waals surface area contributed by atoms with Crippen LogP contribution in [-0.2, 0) is 5.41 Å². The van der Waals surface area contributed by atoms with Crippen LogP contribution in [0.5, 0.6) is 5.75 Å². The van der Waals surface area contributed by atoms with Crippen molar-refractivity contribution in [3.05, 3.63) is 28.0 Å². The van der Waals surface area contributed by atoms with E-state index in [1.54, 1.807) is 6.07 Å². The Labute approximate surface area is 103 Å². The zero-order chi connectivity index (χ0) is 11.8. The molecule has 0 radical (unpaired) electrons. The molecular formula is C12H15BrFNO. The van der Waals surface area contributed by atoms with E-state index in [9.17, 15) is 9.50 Å². The lowest BCUT2D eigenvalue weighted by Crippen LogP contribution is -2.32. The second kappa shape index (κ2) is 4.34. The third kappa shape index (κ3) is 1.84. The zero-order valence-corrected chi connectivity index (χ0v) is 10.6. The van der Waals surface area contributed by atoms with Crippen LogP contribution in [0.1, 0.15) is 31.2 Å². The molecule has 88 valence electrons. The van der Waals surface area contributed by atoms with Crippen LogP contribution in [0, 0.1) is 5.82 Å². The smallest absolute Gasteiger partial charge is 0.141 e. The topological polar surface area (TPSA) is 46.2 Å².